The van der Waals surface area contributed by atoms with Crippen LogP contribution in [0.2, 0.25) is 0 Å². The van der Waals surface area contributed by atoms with Crippen LogP contribution in [0.3, 0.4) is 0 Å². The molecule has 0 radical (unpaired) electrons. The van der Waals surface area contributed by atoms with Gasteiger partial charge in [-0.1, -0.05) is 18.2 Å². The Morgan fingerprint density at radius 2 is 1.88 bits per heavy atom. The van der Waals surface area contributed by atoms with Crippen LogP contribution in [0.5, 0.6) is 0 Å². The summed E-state index contributed by atoms with van der Waals surface area (Å²) in [7, 11) is 0. The zero-order chi connectivity index (χ0) is 22.5. The summed E-state index contributed by atoms with van der Waals surface area (Å²) < 4.78 is 7.10. The number of aromatic nitrogens is 2. The van der Waals surface area contributed by atoms with Crippen molar-refractivity contribution >= 4 is 29.0 Å². The highest BCUT2D eigenvalue weighted by Crippen LogP contribution is 2.27. The van der Waals surface area contributed by atoms with Gasteiger partial charge in [0.25, 0.3) is 0 Å². The lowest BCUT2D eigenvalue weighted by atomic mass is 9.96. The predicted octanol–water partition coefficient (Wildman–Crippen LogP) is 3.53. The molecule has 2 aromatic heterocycles. The van der Waals surface area contributed by atoms with E-state index < -0.39 is 5.97 Å². The van der Waals surface area contributed by atoms with Gasteiger partial charge in [0.2, 0.25) is 11.7 Å². The largest absolute Gasteiger partial charge is 0.453 e. The standard InChI is InChI=1S/C24H25N3O4S/c1-16(28)25-14-13-18-11-12-22(32-18)21(29)15-31-24(30)23-19-9-5-6-10-20(19)26-27(23)17-7-3-2-4-8-17/h2-4,7-8,11-12H,5-6,9-10,13-15H2,1H3,(H,25,28). The van der Waals surface area contributed by atoms with Gasteiger partial charge in [0.15, 0.2) is 12.3 Å². The lowest BCUT2D eigenvalue weighted by Crippen LogP contribution is -2.22. The van der Waals surface area contributed by atoms with Gasteiger partial charge in [-0.2, -0.15) is 5.10 Å². The van der Waals surface area contributed by atoms with E-state index in [0.29, 0.717) is 23.5 Å². The number of ketones is 1. The predicted molar refractivity (Wildman–Crippen MR) is 122 cm³/mol. The number of esters is 1. The molecule has 8 heteroatoms. The first-order valence-corrected chi connectivity index (χ1v) is 11.5. The number of hydrogen-bond acceptors (Lipinski definition) is 6. The molecular formula is C24H25N3O4S. The van der Waals surface area contributed by atoms with E-state index in [1.54, 1.807) is 10.7 Å². The highest BCUT2D eigenvalue weighted by atomic mass is 32.1. The van der Waals surface area contributed by atoms with Gasteiger partial charge in [0.05, 0.1) is 16.3 Å². The fourth-order valence-corrected chi connectivity index (χ4v) is 4.75. The number of Topliss-reactive ketones (excluding diaryl/α,β-unsaturated/α-hetero) is 1. The highest BCUT2D eigenvalue weighted by molar-refractivity contribution is 7.14. The van der Waals surface area contributed by atoms with Gasteiger partial charge in [-0.15, -0.1) is 11.3 Å². The maximum absolute atomic E-state index is 13.0. The Kier molecular flexibility index (Phi) is 6.80. The van der Waals surface area contributed by atoms with Crippen molar-refractivity contribution in [1.29, 1.82) is 0 Å². The number of hydrogen-bond donors (Lipinski definition) is 1. The van der Waals surface area contributed by atoms with Crippen LogP contribution in [-0.2, 0) is 28.8 Å². The molecule has 0 atom stereocenters. The van der Waals surface area contributed by atoms with Crippen LogP contribution in [-0.4, -0.2) is 40.6 Å². The summed E-state index contributed by atoms with van der Waals surface area (Å²) in [6, 6.07) is 13.1. The van der Waals surface area contributed by atoms with Gasteiger partial charge in [-0.3, -0.25) is 9.59 Å². The zero-order valence-corrected chi connectivity index (χ0v) is 18.7. The van der Waals surface area contributed by atoms with Crippen LogP contribution in [0.1, 0.15) is 56.1 Å². The van der Waals surface area contributed by atoms with Crippen molar-refractivity contribution in [3.05, 3.63) is 69.2 Å². The SMILES string of the molecule is CC(=O)NCCc1ccc(C(=O)COC(=O)c2c3c(nn2-c2ccccc2)CCCC3)s1. The average Bonchev–Trinajstić information content (AvgIpc) is 3.42. The number of carbonyl (C=O) groups excluding carboxylic acids is 3. The number of carbonyl (C=O) groups is 3. The molecular weight excluding hydrogens is 426 g/mol. The molecule has 3 aromatic rings. The number of amides is 1. The number of aryl methyl sites for hydroxylation is 1. The molecule has 1 aliphatic rings. The molecule has 0 saturated carbocycles. The second kappa shape index (κ2) is 9.91. The van der Waals surface area contributed by atoms with E-state index in [9.17, 15) is 14.4 Å². The first-order chi connectivity index (χ1) is 15.5. The number of ether oxygens (including phenoxy) is 1. The first kappa shape index (κ1) is 22.0. The van der Waals surface area contributed by atoms with E-state index in [-0.39, 0.29) is 18.3 Å². The van der Waals surface area contributed by atoms with Crippen LogP contribution >= 0.6 is 11.3 Å². The summed E-state index contributed by atoms with van der Waals surface area (Å²) >= 11 is 1.35. The number of thiophene rings is 1. The molecule has 4 rings (SSSR count). The number of rotatable bonds is 8. The summed E-state index contributed by atoms with van der Waals surface area (Å²) in [6.07, 6.45) is 4.32. The summed E-state index contributed by atoms with van der Waals surface area (Å²) in [4.78, 5) is 38.2. The lowest BCUT2D eigenvalue weighted by molar-refractivity contribution is -0.118. The third kappa shape index (κ3) is 4.96. The molecule has 7 nitrogen and oxygen atoms in total. The van der Waals surface area contributed by atoms with Crippen LogP contribution in [0.4, 0.5) is 0 Å². The smallest absolute Gasteiger partial charge is 0.357 e. The van der Waals surface area contributed by atoms with Gasteiger partial charge < -0.3 is 10.1 Å². The molecule has 0 bridgehead atoms. The molecule has 1 aromatic carbocycles. The molecule has 1 aliphatic carbocycles. The third-order valence-corrected chi connectivity index (χ3v) is 6.55. The monoisotopic (exact) mass is 451 g/mol. The van der Waals surface area contributed by atoms with Crippen molar-refractivity contribution in [1.82, 2.24) is 15.1 Å². The summed E-state index contributed by atoms with van der Waals surface area (Å²) in [5.41, 5.74) is 3.07. The van der Waals surface area contributed by atoms with Crippen LogP contribution in [0, 0.1) is 0 Å². The summed E-state index contributed by atoms with van der Waals surface area (Å²) in [5.74, 6) is -0.851. The summed E-state index contributed by atoms with van der Waals surface area (Å²) in [6.45, 7) is 1.67. The van der Waals surface area contributed by atoms with Crippen LogP contribution < -0.4 is 5.32 Å². The minimum atomic E-state index is -0.528. The number of benzene rings is 1. The van der Waals surface area contributed by atoms with E-state index in [1.807, 2.05) is 36.4 Å². The molecule has 2 heterocycles. The van der Waals surface area contributed by atoms with E-state index in [1.165, 1.54) is 18.3 Å². The molecule has 32 heavy (non-hydrogen) atoms. The topological polar surface area (TPSA) is 90.3 Å². The van der Waals surface area contributed by atoms with Gasteiger partial charge in [0.1, 0.15) is 0 Å². The number of fused-ring (bicyclic) bond motifs is 1. The van der Waals surface area contributed by atoms with Gasteiger partial charge >= 0.3 is 5.97 Å². The van der Waals surface area contributed by atoms with Gasteiger partial charge in [-0.25, -0.2) is 9.48 Å². The Morgan fingerprint density at radius 3 is 2.66 bits per heavy atom. The molecule has 1 N–H and O–H groups in total. The first-order valence-electron chi connectivity index (χ1n) is 10.7. The van der Waals surface area contributed by atoms with Crippen molar-refractivity contribution in [3.8, 4) is 5.69 Å². The fraction of sp³-hybridized carbons (Fsp3) is 0.333. The van der Waals surface area contributed by atoms with E-state index in [0.717, 1.165) is 47.5 Å². The Balaban J connectivity index is 1.45. The Hall–Kier alpha value is -3.26. The van der Waals surface area contributed by atoms with Crippen molar-refractivity contribution in [3.63, 3.8) is 0 Å². The van der Waals surface area contributed by atoms with Crippen molar-refractivity contribution in [2.75, 3.05) is 13.2 Å². The van der Waals surface area contributed by atoms with E-state index >= 15 is 0 Å². The number of nitrogens with one attached hydrogen (secondary N) is 1. The Bertz CT molecular complexity index is 1130. The summed E-state index contributed by atoms with van der Waals surface area (Å²) in [5, 5.41) is 7.41. The maximum atomic E-state index is 13.0. The second-order valence-corrected chi connectivity index (χ2v) is 8.89. The van der Waals surface area contributed by atoms with Crippen LogP contribution in [0.25, 0.3) is 5.69 Å². The third-order valence-electron chi connectivity index (χ3n) is 5.37. The Morgan fingerprint density at radius 1 is 1.09 bits per heavy atom. The highest BCUT2D eigenvalue weighted by Gasteiger charge is 2.27. The molecule has 1 amide bonds. The van der Waals surface area contributed by atoms with E-state index in [2.05, 4.69) is 10.4 Å². The normalized spacial score (nSPS) is 12.8. The average molecular weight is 452 g/mol. The molecule has 0 spiro atoms. The maximum Gasteiger partial charge on any atom is 0.357 e. The molecule has 0 unspecified atom stereocenters. The van der Waals surface area contributed by atoms with Gasteiger partial charge in [-0.05, 0) is 56.4 Å². The zero-order valence-electron chi connectivity index (χ0n) is 17.9. The quantitative estimate of drug-likeness (QED) is 0.418. The molecule has 0 aliphatic heterocycles. The molecule has 0 fully saturated rings. The second-order valence-electron chi connectivity index (χ2n) is 7.73. The fourth-order valence-electron chi connectivity index (χ4n) is 3.81. The Labute approximate surface area is 190 Å². The van der Waals surface area contributed by atoms with Crippen LogP contribution in [0.15, 0.2) is 42.5 Å². The molecule has 0 saturated heterocycles. The molecule has 166 valence electrons. The minimum Gasteiger partial charge on any atom is -0.453 e. The van der Waals surface area contributed by atoms with Crippen molar-refractivity contribution < 1.29 is 19.1 Å². The van der Waals surface area contributed by atoms with E-state index in [4.69, 9.17) is 4.74 Å². The van der Waals surface area contributed by atoms with Crippen molar-refractivity contribution in [2.45, 2.75) is 39.0 Å². The number of para-hydroxylation sites is 1. The van der Waals surface area contributed by atoms with Gasteiger partial charge in [0, 0.05) is 23.9 Å². The van der Waals surface area contributed by atoms with Crippen molar-refractivity contribution in [2.24, 2.45) is 0 Å². The lowest BCUT2D eigenvalue weighted by Gasteiger charge is -2.11. The number of nitrogens with zero attached hydrogens (tertiary/aromatic N) is 2. The minimum absolute atomic E-state index is 0.0818.